The number of benzene rings is 2. The second-order valence-corrected chi connectivity index (χ2v) is 6.20. The number of nitrogens with one attached hydrogen (secondary N) is 1. The predicted molar refractivity (Wildman–Crippen MR) is 94.5 cm³/mol. The number of rotatable bonds is 5. The van der Waals surface area contributed by atoms with Crippen LogP contribution in [0.4, 0.5) is 0 Å². The highest BCUT2D eigenvalue weighted by molar-refractivity contribution is 14.1. The zero-order valence-corrected chi connectivity index (χ0v) is 14.3. The second kappa shape index (κ2) is 7.74. The number of nitrogens with two attached hydrogens (primary N) is 1. The molecule has 3 N–H and O–H groups in total. The van der Waals surface area contributed by atoms with E-state index in [1.807, 2.05) is 30.3 Å². The van der Waals surface area contributed by atoms with E-state index in [9.17, 15) is 9.59 Å². The van der Waals surface area contributed by atoms with Crippen molar-refractivity contribution < 1.29 is 9.59 Å². The van der Waals surface area contributed by atoms with Gasteiger partial charge >= 0.3 is 0 Å². The Morgan fingerprint density at radius 3 is 2.48 bits per heavy atom. The average molecular weight is 419 g/mol. The van der Waals surface area contributed by atoms with Crippen molar-refractivity contribution in [2.75, 3.05) is 0 Å². The summed E-state index contributed by atoms with van der Waals surface area (Å²) in [6, 6.07) is 15.0. The highest BCUT2D eigenvalue weighted by Crippen LogP contribution is 2.10. The van der Waals surface area contributed by atoms with Crippen LogP contribution in [0.5, 0.6) is 0 Å². The fourth-order valence-electron chi connectivity index (χ4n) is 2.06. The Morgan fingerprint density at radius 2 is 1.91 bits per heavy atom. The molecule has 5 nitrogen and oxygen atoms in total. The lowest BCUT2D eigenvalue weighted by atomic mass is 10.0. The van der Waals surface area contributed by atoms with Gasteiger partial charge in [-0.05, 0) is 64.6 Å². The lowest BCUT2D eigenvalue weighted by Gasteiger charge is -2.16. The molecule has 0 aliphatic rings. The molecule has 2 amide bonds. The van der Waals surface area contributed by atoms with Gasteiger partial charge in [-0.25, -0.2) is 0 Å². The van der Waals surface area contributed by atoms with E-state index in [4.69, 9.17) is 11.0 Å². The fraction of sp³-hybridized carbons (Fsp3) is 0.118. The van der Waals surface area contributed by atoms with Crippen LogP contribution in [-0.4, -0.2) is 17.9 Å². The van der Waals surface area contributed by atoms with Gasteiger partial charge in [0.25, 0.3) is 5.91 Å². The molecule has 0 heterocycles. The lowest BCUT2D eigenvalue weighted by Crippen LogP contribution is -2.45. The number of hydrogen-bond donors (Lipinski definition) is 2. The molecule has 0 aromatic heterocycles. The Bertz CT molecular complexity index is 766. The summed E-state index contributed by atoms with van der Waals surface area (Å²) >= 11 is 2.18. The second-order valence-electron chi connectivity index (χ2n) is 4.95. The molecule has 0 unspecified atom stereocenters. The van der Waals surface area contributed by atoms with Crippen LogP contribution in [0.3, 0.4) is 0 Å². The molecule has 0 radical (unpaired) electrons. The van der Waals surface area contributed by atoms with Gasteiger partial charge in [0.1, 0.15) is 6.04 Å². The summed E-state index contributed by atoms with van der Waals surface area (Å²) in [5.41, 5.74) is 7.15. The SMILES string of the molecule is N#Cc1ccc(C(=O)N[C@H](Cc2cccc(I)c2)C(N)=O)cc1. The van der Waals surface area contributed by atoms with Gasteiger partial charge in [0.2, 0.25) is 5.91 Å². The van der Waals surface area contributed by atoms with E-state index < -0.39 is 17.9 Å². The summed E-state index contributed by atoms with van der Waals surface area (Å²) < 4.78 is 1.04. The first kappa shape index (κ1) is 17.0. The molecule has 0 aliphatic heterocycles. The summed E-state index contributed by atoms with van der Waals surface area (Å²) in [6.45, 7) is 0. The molecule has 0 saturated carbocycles. The van der Waals surface area contributed by atoms with E-state index in [1.165, 1.54) is 12.1 Å². The van der Waals surface area contributed by atoms with Crippen LogP contribution < -0.4 is 11.1 Å². The fourth-order valence-corrected chi connectivity index (χ4v) is 2.67. The maximum Gasteiger partial charge on any atom is 0.251 e. The minimum absolute atomic E-state index is 0.328. The Hall–Kier alpha value is -2.40. The van der Waals surface area contributed by atoms with Crippen molar-refractivity contribution in [1.29, 1.82) is 5.26 Å². The maximum absolute atomic E-state index is 12.2. The standard InChI is InChI=1S/C17H14IN3O2/c18-14-3-1-2-12(8-14)9-15(16(20)22)21-17(23)13-6-4-11(10-19)5-7-13/h1-8,15H,9H2,(H2,20,22)(H,21,23)/t15-/m1/s1. The third-order valence-electron chi connectivity index (χ3n) is 3.25. The van der Waals surface area contributed by atoms with E-state index in [1.54, 1.807) is 12.1 Å². The van der Waals surface area contributed by atoms with Gasteiger partial charge in [0.15, 0.2) is 0 Å². The Balaban J connectivity index is 2.11. The number of primary amides is 1. The van der Waals surface area contributed by atoms with E-state index in [2.05, 4.69) is 27.9 Å². The summed E-state index contributed by atoms with van der Waals surface area (Å²) in [7, 11) is 0. The molecule has 2 aromatic carbocycles. The molecule has 6 heteroatoms. The molecule has 2 aromatic rings. The maximum atomic E-state index is 12.2. The summed E-state index contributed by atoms with van der Waals surface area (Å²) in [4.78, 5) is 23.8. The van der Waals surface area contributed by atoms with Gasteiger partial charge in [-0.1, -0.05) is 12.1 Å². The Kier molecular flexibility index (Phi) is 5.71. The van der Waals surface area contributed by atoms with Gasteiger partial charge in [-0.15, -0.1) is 0 Å². The molecule has 23 heavy (non-hydrogen) atoms. The normalized spacial score (nSPS) is 11.3. The molecule has 0 aliphatic carbocycles. The van der Waals surface area contributed by atoms with Gasteiger partial charge in [0, 0.05) is 15.6 Å². The number of nitriles is 1. The topological polar surface area (TPSA) is 96.0 Å². The number of carbonyl (C=O) groups is 2. The number of hydrogen-bond acceptors (Lipinski definition) is 3. The van der Waals surface area contributed by atoms with Gasteiger partial charge in [-0.2, -0.15) is 5.26 Å². The van der Waals surface area contributed by atoms with E-state index in [-0.39, 0.29) is 0 Å². The summed E-state index contributed by atoms with van der Waals surface area (Å²) in [6.07, 6.45) is 0.328. The highest BCUT2D eigenvalue weighted by Gasteiger charge is 2.19. The minimum atomic E-state index is -0.795. The predicted octanol–water partition coefficient (Wildman–Crippen LogP) is 1.99. The summed E-state index contributed by atoms with van der Waals surface area (Å²) in [5, 5.41) is 11.4. The van der Waals surface area contributed by atoms with Crippen molar-refractivity contribution in [3.63, 3.8) is 0 Å². The zero-order valence-electron chi connectivity index (χ0n) is 12.1. The average Bonchev–Trinajstić information content (AvgIpc) is 2.54. The van der Waals surface area contributed by atoms with Crippen molar-refractivity contribution in [1.82, 2.24) is 5.32 Å². The lowest BCUT2D eigenvalue weighted by molar-refractivity contribution is -0.119. The minimum Gasteiger partial charge on any atom is -0.368 e. The zero-order chi connectivity index (χ0) is 16.8. The number of carbonyl (C=O) groups excluding carboxylic acids is 2. The number of amides is 2. The van der Waals surface area contributed by atoms with Crippen molar-refractivity contribution in [2.45, 2.75) is 12.5 Å². The van der Waals surface area contributed by atoms with E-state index >= 15 is 0 Å². The third-order valence-corrected chi connectivity index (χ3v) is 3.92. The van der Waals surface area contributed by atoms with Crippen LogP contribution in [0.15, 0.2) is 48.5 Å². The number of nitrogens with zero attached hydrogens (tertiary/aromatic N) is 1. The summed E-state index contributed by atoms with van der Waals surface area (Å²) in [5.74, 6) is -0.991. The van der Waals surface area contributed by atoms with Crippen molar-refractivity contribution in [3.05, 3.63) is 68.8 Å². The van der Waals surface area contributed by atoms with Crippen molar-refractivity contribution in [3.8, 4) is 6.07 Å². The van der Waals surface area contributed by atoms with E-state index in [0.717, 1.165) is 9.13 Å². The van der Waals surface area contributed by atoms with Gasteiger partial charge < -0.3 is 11.1 Å². The van der Waals surface area contributed by atoms with Crippen molar-refractivity contribution >= 4 is 34.4 Å². The van der Waals surface area contributed by atoms with Crippen LogP contribution in [-0.2, 0) is 11.2 Å². The molecular weight excluding hydrogens is 405 g/mol. The number of halogens is 1. The van der Waals surface area contributed by atoms with Gasteiger partial charge in [0.05, 0.1) is 11.6 Å². The van der Waals surface area contributed by atoms with Crippen molar-refractivity contribution in [2.24, 2.45) is 5.73 Å². The molecule has 116 valence electrons. The molecule has 0 bridgehead atoms. The van der Waals surface area contributed by atoms with Crippen LogP contribution in [0, 0.1) is 14.9 Å². The Labute approximate surface area is 147 Å². The monoisotopic (exact) mass is 419 g/mol. The quantitative estimate of drug-likeness (QED) is 0.726. The molecule has 2 rings (SSSR count). The third kappa shape index (κ3) is 4.79. The van der Waals surface area contributed by atoms with Crippen LogP contribution in [0.2, 0.25) is 0 Å². The molecule has 0 fully saturated rings. The van der Waals surface area contributed by atoms with Gasteiger partial charge in [-0.3, -0.25) is 9.59 Å². The highest BCUT2D eigenvalue weighted by atomic mass is 127. The first-order chi connectivity index (χ1) is 11.0. The first-order valence-corrected chi connectivity index (χ1v) is 7.92. The molecule has 0 saturated heterocycles. The Morgan fingerprint density at radius 1 is 1.22 bits per heavy atom. The van der Waals surface area contributed by atoms with Crippen LogP contribution in [0.25, 0.3) is 0 Å². The molecule has 0 spiro atoms. The molecular formula is C17H14IN3O2. The molecule has 1 atom stereocenters. The smallest absolute Gasteiger partial charge is 0.251 e. The largest absolute Gasteiger partial charge is 0.368 e. The van der Waals surface area contributed by atoms with E-state index in [0.29, 0.717) is 17.5 Å². The van der Waals surface area contributed by atoms with Crippen LogP contribution in [0.1, 0.15) is 21.5 Å². The first-order valence-electron chi connectivity index (χ1n) is 6.84. The van der Waals surface area contributed by atoms with Crippen LogP contribution >= 0.6 is 22.6 Å².